The summed E-state index contributed by atoms with van der Waals surface area (Å²) in [6.07, 6.45) is 0. The first-order valence-electron chi connectivity index (χ1n) is 6.61. The quantitative estimate of drug-likeness (QED) is 0.836. The van der Waals surface area contributed by atoms with Crippen LogP contribution in [0.5, 0.6) is 5.75 Å². The molecule has 0 aliphatic carbocycles. The number of aryl methyl sites for hydroxylation is 2. The van der Waals surface area contributed by atoms with E-state index in [2.05, 4.69) is 32.0 Å². The maximum absolute atomic E-state index is 11.1. The zero-order valence-electron chi connectivity index (χ0n) is 12.3. The number of ether oxygens (including phenoxy) is 1. The molecule has 0 amide bonds. The van der Waals surface area contributed by atoms with Crippen LogP contribution in [0.25, 0.3) is 0 Å². The lowest BCUT2D eigenvalue weighted by Gasteiger charge is -2.09. The van der Waals surface area contributed by atoms with Gasteiger partial charge in [0, 0.05) is 10.6 Å². The summed E-state index contributed by atoms with van der Waals surface area (Å²) >= 11 is 1.73. The number of benzene rings is 2. The summed E-state index contributed by atoms with van der Waals surface area (Å²) in [7, 11) is 1.49. The maximum atomic E-state index is 11.1. The van der Waals surface area contributed by atoms with Gasteiger partial charge >= 0.3 is 5.97 Å². The number of hydrogen-bond acceptors (Lipinski definition) is 3. The Kier molecular flexibility index (Phi) is 4.91. The topological polar surface area (TPSA) is 46.5 Å². The third-order valence-corrected chi connectivity index (χ3v) is 4.45. The highest BCUT2D eigenvalue weighted by Crippen LogP contribution is 2.27. The van der Waals surface area contributed by atoms with E-state index in [1.54, 1.807) is 23.9 Å². The molecule has 0 aliphatic rings. The van der Waals surface area contributed by atoms with Gasteiger partial charge in [-0.25, -0.2) is 4.79 Å². The molecule has 0 unspecified atom stereocenters. The lowest BCUT2D eigenvalue weighted by Crippen LogP contribution is -2.00. The standard InChI is InChI=1S/C17H18O3S/c1-11-4-6-14(8-12(11)2)21-10-13-5-7-15(17(18)19)16(9-13)20-3/h4-9H,10H2,1-3H3,(H,18,19). The number of carboxylic acid groups (broad SMARTS) is 1. The Bertz CT molecular complexity index is 665. The zero-order valence-corrected chi connectivity index (χ0v) is 13.2. The van der Waals surface area contributed by atoms with Crippen LogP contribution in [0.2, 0.25) is 0 Å². The zero-order chi connectivity index (χ0) is 15.4. The molecule has 21 heavy (non-hydrogen) atoms. The molecule has 3 nitrogen and oxygen atoms in total. The van der Waals surface area contributed by atoms with E-state index < -0.39 is 5.97 Å². The van der Waals surface area contributed by atoms with Crippen LogP contribution in [0.4, 0.5) is 0 Å². The Morgan fingerprint density at radius 3 is 2.52 bits per heavy atom. The normalized spacial score (nSPS) is 10.4. The van der Waals surface area contributed by atoms with Crippen molar-refractivity contribution in [3.05, 3.63) is 58.7 Å². The molecule has 0 aliphatic heterocycles. The molecule has 110 valence electrons. The summed E-state index contributed by atoms with van der Waals surface area (Å²) in [5.41, 5.74) is 3.79. The Labute approximate surface area is 129 Å². The molecule has 0 fully saturated rings. The highest BCUT2D eigenvalue weighted by atomic mass is 32.2. The van der Waals surface area contributed by atoms with Gasteiger partial charge in [0.25, 0.3) is 0 Å². The number of thioether (sulfide) groups is 1. The van der Waals surface area contributed by atoms with Crippen molar-refractivity contribution in [2.24, 2.45) is 0 Å². The van der Waals surface area contributed by atoms with Crippen LogP contribution < -0.4 is 4.74 Å². The van der Waals surface area contributed by atoms with Gasteiger partial charge in [0.05, 0.1) is 7.11 Å². The Morgan fingerprint density at radius 1 is 1.14 bits per heavy atom. The van der Waals surface area contributed by atoms with Gasteiger partial charge in [0.1, 0.15) is 11.3 Å². The first-order chi connectivity index (χ1) is 10.0. The number of carbonyl (C=O) groups is 1. The van der Waals surface area contributed by atoms with Gasteiger partial charge in [-0.05, 0) is 54.8 Å². The van der Waals surface area contributed by atoms with E-state index in [-0.39, 0.29) is 5.56 Å². The minimum atomic E-state index is -0.972. The second-order valence-corrected chi connectivity index (χ2v) is 5.92. The average Bonchev–Trinajstić information content (AvgIpc) is 2.48. The minimum Gasteiger partial charge on any atom is -0.496 e. The van der Waals surface area contributed by atoms with Crippen LogP contribution in [-0.2, 0) is 5.75 Å². The van der Waals surface area contributed by atoms with Gasteiger partial charge in [-0.15, -0.1) is 11.8 Å². The third-order valence-electron chi connectivity index (χ3n) is 3.38. The number of hydrogen-bond donors (Lipinski definition) is 1. The van der Waals surface area contributed by atoms with E-state index in [1.807, 2.05) is 6.07 Å². The molecule has 0 saturated heterocycles. The van der Waals surface area contributed by atoms with Crippen LogP contribution in [-0.4, -0.2) is 18.2 Å². The van der Waals surface area contributed by atoms with E-state index in [0.29, 0.717) is 5.75 Å². The lowest BCUT2D eigenvalue weighted by molar-refractivity contribution is 0.0693. The summed E-state index contributed by atoms with van der Waals surface area (Å²) in [5.74, 6) is 0.208. The van der Waals surface area contributed by atoms with Crippen LogP contribution >= 0.6 is 11.8 Å². The molecule has 4 heteroatoms. The fourth-order valence-electron chi connectivity index (χ4n) is 1.97. The van der Waals surface area contributed by atoms with E-state index in [1.165, 1.54) is 23.1 Å². The van der Waals surface area contributed by atoms with Crippen molar-refractivity contribution in [3.8, 4) is 5.75 Å². The van der Waals surface area contributed by atoms with Crippen molar-refractivity contribution in [3.63, 3.8) is 0 Å². The molecule has 2 rings (SSSR count). The van der Waals surface area contributed by atoms with Gasteiger partial charge < -0.3 is 9.84 Å². The number of aromatic carboxylic acids is 1. The second-order valence-electron chi connectivity index (χ2n) is 4.87. The number of carboxylic acids is 1. The highest BCUT2D eigenvalue weighted by molar-refractivity contribution is 7.98. The number of rotatable bonds is 5. The fraction of sp³-hybridized carbons (Fsp3) is 0.235. The number of methoxy groups -OCH3 is 1. The molecule has 0 bridgehead atoms. The lowest BCUT2D eigenvalue weighted by atomic mass is 10.1. The summed E-state index contributed by atoms with van der Waals surface area (Å²) in [6, 6.07) is 11.6. The van der Waals surface area contributed by atoms with Gasteiger partial charge in [-0.2, -0.15) is 0 Å². The first kappa shape index (κ1) is 15.4. The van der Waals surface area contributed by atoms with E-state index >= 15 is 0 Å². The van der Waals surface area contributed by atoms with Crippen molar-refractivity contribution in [2.75, 3.05) is 7.11 Å². The smallest absolute Gasteiger partial charge is 0.339 e. The Hall–Kier alpha value is -1.94. The molecule has 0 spiro atoms. The van der Waals surface area contributed by atoms with Crippen molar-refractivity contribution in [1.29, 1.82) is 0 Å². The molecule has 0 atom stereocenters. The summed E-state index contributed by atoms with van der Waals surface area (Å²) in [6.45, 7) is 4.20. The van der Waals surface area contributed by atoms with Crippen LogP contribution in [0, 0.1) is 13.8 Å². The SMILES string of the molecule is COc1cc(CSc2ccc(C)c(C)c2)ccc1C(=O)O. The summed E-state index contributed by atoms with van der Waals surface area (Å²) in [4.78, 5) is 12.3. The average molecular weight is 302 g/mol. The van der Waals surface area contributed by atoms with Gasteiger partial charge in [0.15, 0.2) is 0 Å². The van der Waals surface area contributed by atoms with E-state index in [4.69, 9.17) is 9.84 Å². The van der Waals surface area contributed by atoms with Crippen LogP contribution in [0.15, 0.2) is 41.3 Å². The summed E-state index contributed by atoms with van der Waals surface area (Å²) in [5, 5.41) is 9.07. The molecule has 0 radical (unpaired) electrons. The van der Waals surface area contributed by atoms with Crippen molar-refractivity contribution in [2.45, 2.75) is 24.5 Å². The van der Waals surface area contributed by atoms with Crippen LogP contribution in [0.3, 0.4) is 0 Å². The second kappa shape index (κ2) is 6.68. The predicted octanol–water partition coefficient (Wildman–Crippen LogP) is 4.30. The molecular formula is C17H18O3S. The van der Waals surface area contributed by atoms with Crippen LogP contribution in [0.1, 0.15) is 27.0 Å². The molecule has 2 aromatic carbocycles. The third kappa shape index (κ3) is 3.79. The molecule has 1 N–H and O–H groups in total. The predicted molar refractivity (Wildman–Crippen MR) is 85.4 cm³/mol. The van der Waals surface area contributed by atoms with Crippen molar-refractivity contribution < 1.29 is 14.6 Å². The van der Waals surface area contributed by atoms with Gasteiger partial charge in [0.2, 0.25) is 0 Å². The molecule has 0 saturated carbocycles. The molecular weight excluding hydrogens is 284 g/mol. The molecule has 0 heterocycles. The maximum Gasteiger partial charge on any atom is 0.339 e. The van der Waals surface area contributed by atoms with E-state index in [9.17, 15) is 4.79 Å². The molecule has 0 aromatic heterocycles. The van der Waals surface area contributed by atoms with E-state index in [0.717, 1.165) is 11.3 Å². The van der Waals surface area contributed by atoms with Crippen molar-refractivity contribution in [1.82, 2.24) is 0 Å². The Balaban J connectivity index is 2.13. The first-order valence-corrected chi connectivity index (χ1v) is 7.60. The van der Waals surface area contributed by atoms with Gasteiger partial charge in [-0.1, -0.05) is 12.1 Å². The monoisotopic (exact) mass is 302 g/mol. The summed E-state index contributed by atoms with van der Waals surface area (Å²) < 4.78 is 5.14. The highest BCUT2D eigenvalue weighted by Gasteiger charge is 2.11. The van der Waals surface area contributed by atoms with Crippen molar-refractivity contribution >= 4 is 17.7 Å². The molecule has 2 aromatic rings. The van der Waals surface area contributed by atoms with Gasteiger partial charge in [-0.3, -0.25) is 0 Å². The Morgan fingerprint density at radius 2 is 1.90 bits per heavy atom. The fourth-order valence-corrected chi connectivity index (χ4v) is 2.91. The minimum absolute atomic E-state index is 0.192. The largest absolute Gasteiger partial charge is 0.496 e.